The maximum Gasteiger partial charge on any atom is 0.0412 e. The Kier molecular flexibility index (Phi) is 3.76. The van der Waals surface area contributed by atoms with E-state index < -0.39 is 0 Å². The van der Waals surface area contributed by atoms with Gasteiger partial charge < -0.3 is 0 Å². The van der Waals surface area contributed by atoms with Crippen molar-refractivity contribution in [1.82, 2.24) is 0 Å². The number of halogens is 1. The molecule has 128 valence electrons. The van der Waals surface area contributed by atoms with Gasteiger partial charge >= 0.3 is 0 Å². The Labute approximate surface area is 158 Å². The number of hydrogen-bond acceptors (Lipinski definition) is 0. The molecule has 0 aliphatic heterocycles. The third kappa shape index (κ3) is 2.44. The minimum absolute atomic E-state index is 0.788. The summed E-state index contributed by atoms with van der Waals surface area (Å²) in [7, 11) is 0. The highest BCUT2D eigenvalue weighted by Gasteiger charge is 2.14. The maximum absolute atomic E-state index is 6.24. The van der Waals surface area contributed by atoms with Crippen LogP contribution in [0.4, 0.5) is 0 Å². The van der Waals surface area contributed by atoms with E-state index in [2.05, 4.69) is 55.5 Å². The van der Waals surface area contributed by atoms with E-state index >= 15 is 0 Å². The fourth-order valence-corrected chi connectivity index (χ4v) is 4.85. The lowest BCUT2D eigenvalue weighted by Crippen LogP contribution is -2.22. The Morgan fingerprint density at radius 1 is 0.808 bits per heavy atom. The zero-order valence-corrected chi connectivity index (χ0v) is 15.7. The SMILES string of the molecule is CC1=c2ccc3c(c2CCC1)CC=c1c(-c2cccc(Cl)c2)cccc1=3. The summed E-state index contributed by atoms with van der Waals surface area (Å²) in [5, 5.41) is 6.41. The molecule has 2 aliphatic rings. The molecular formula is C25H21Cl. The highest BCUT2D eigenvalue weighted by molar-refractivity contribution is 6.30. The van der Waals surface area contributed by atoms with Crippen LogP contribution in [0.1, 0.15) is 30.9 Å². The van der Waals surface area contributed by atoms with Gasteiger partial charge in [-0.05, 0) is 87.9 Å². The molecule has 0 saturated heterocycles. The molecule has 0 amide bonds. The molecule has 0 nitrogen and oxygen atoms in total. The normalized spacial score (nSPS) is 14.9. The van der Waals surface area contributed by atoms with Gasteiger partial charge in [0.25, 0.3) is 0 Å². The van der Waals surface area contributed by atoms with Crippen LogP contribution in [0.3, 0.4) is 0 Å². The first kappa shape index (κ1) is 15.9. The quantitative estimate of drug-likeness (QED) is 0.566. The average molecular weight is 357 g/mol. The van der Waals surface area contributed by atoms with Crippen molar-refractivity contribution in [3.63, 3.8) is 0 Å². The van der Waals surface area contributed by atoms with Crippen molar-refractivity contribution >= 4 is 23.3 Å². The van der Waals surface area contributed by atoms with E-state index in [1.165, 1.54) is 56.8 Å². The lowest BCUT2D eigenvalue weighted by atomic mass is 9.85. The summed E-state index contributed by atoms with van der Waals surface area (Å²) in [6, 6.07) is 19.5. The van der Waals surface area contributed by atoms with Crippen LogP contribution in [-0.2, 0) is 12.8 Å². The van der Waals surface area contributed by atoms with Crippen molar-refractivity contribution in [2.24, 2.45) is 0 Å². The Bertz CT molecular complexity index is 1250. The predicted octanol–water partition coefficient (Wildman–Crippen LogP) is 5.14. The van der Waals surface area contributed by atoms with Crippen LogP contribution in [-0.4, -0.2) is 0 Å². The van der Waals surface area contributed by atoms with E-state index in [0.29, 0.717) is 0 Å². The minimum Gasteiger partial charge on any atom is -0.0843 e. The Hall–Kier alpha value is -2.31. The summed E-state index contributed by atoms with van der Waals surface area (Å²) < 4.78 is 0. The van der Waals surface area contributed by atoms with Gasteiger partial charge in [0.15, 0.2) is 0 Å². The Balaban J connectivity index is 1.89. The van der Waals surface area contributed by atoms with Crippen molar-refractivity contribution < 1.29 is 0 Å². The molecule has 26 heavy (non-hydrogen) atoms. The van der Waals surface area contributed by atoms with Gasteiger partial charge in [0.2, 0.25) is 0 Å². The molecule has 0 bridgehead atoms. The van der Waals surface area contributed by atoms with Gasteiger partial charge in [-0.25, -0.2) is 0 Å². The molecule has 5 rings (SSSR count). The number of benzene rings is 3. The second-order valence-electron chi connectivity index (χ2n) is 7.44. The van der Waals surface area contributed by atoms with E-state index in [4.69, 9.17) is 11.6 Å². The molecule has 0 N–H and O–H groups in total. The summed E-state index contributed by atoms with van der Waals surface area (Å²) in [6.45, 7) is 2.29. The van der Waals surface area contributed by atoms with Gasteiger partial charge in [-0.2, -0.15) is 0 Å². The Morgan fingerprint density at radius 2 is 1.65 bits per heavy atom. The van der Waals surface area contributed by atoms with E-state index in [1.807, 2.05) is 12.1 Å². The standard InChI is InChI=1S/C25H21Cl/c1-16-5-2-9-21-19(16)11-12-25-22-10-4-8-20(23(22)13-14-24(21)25)17-6-3-7-18(26)15-17/h3-4,6-8,10-13,15H,2,5,9,14H2,1H3. The molecule has 3 aromatic carbocycles. The highest BCUT2D eigenvalue weighted by atomic mass is 35.5. The van der Waals surface area contributed by atoms with Crippen molar-refractivity contribution in [1.29, 1.82) is 0 Å². The van der Waals surface area contributed by atoms with Gasteiger partial charge in [-0.1, -0.05) is 65.7 Å². The van der Waals surface area contributed by atoms with Crippen LogP contribution in [0.25, 0.3) is 22.8 Å². The van der Waals surface area contributed by atoms with E-state index in [-0.39, 0.29) is 0 Å². The topological polar surface area (TPSA) is 0 Å². The first-order chi connectivity index (χ1) is 12.7. The van der Waals surface area contributed by atoms with Crippen LogP contribution in [0.5, 0.6) is 0 Å². The first-order valence-corrected chi connectivity index (χ1v) is 9.80. The van der Waals surface area contributed by atoms with Crippen molar-refractivity contribution in [2.75, 3.05) is 0 Å². The smallest absolute Gasteiger partial charge is 0.0412 e. The highest BCUT2D eigenvalue weighted by Crippen LogP contribution is 2.24. The molecule has 0 aromatic heterocycles. The molecule has 0 unspecified atom stereocenters. The largest absolute Gasteiger partial charge is 0.0843 e. The molecule has 1 heteroatoms. The van der Waals surface area contributed by atoms with Crippen LogP contribution >= 0.6 is 11.6 Å². The van der Waals surface area contributed by atoms with Gasteiger partial charge in [-0.15, -0.1) is 0 Å². The summed E-state index contributed by atoms with van der Waals surface area (Å²) in [6.07, 6.45) is 7.18. The van der Waals surface area contributed by atoms with E-state index in [9.17, 15) is 0 Å². The lowest BCUT2D eigenvalue weighted by Gasteiger charge is -2.19. The van der Waals surface area contributed by atoms with Gasteiger partial charge in [0, 0.05) is 5.02 Å². The second kappa shape index (κ2) is 6.14. The molecule has 0 fully saturated rings. The van der Waals surface area contributed by atoms with Crippen LogP contribution in [0.2, 0.25) is 5.02 Å². The summed E-state index contributed by atoms with van der Waals surface area (Å²) in [4.78, 5) is 0. The molecule has 2 aliphatic carbocycles. The van der Waals surface area contributed by atoms with Gasteiger partial charge in [-0.3, -0.25) is 0 Å². The fraction of sp³-hybridized carbons (Fsp3) is 0.200. The monoisotopic (exact) mass is 356 g/mol. The maximum atomic E-state index is 6.24. The van der Waals surface area contributed by atoms with Crippen molar-refractivity contribution in [2.45, 2.75) is 32.6 Å². The molecule has 0 radical (unpaired) electrons. The lowest BCUT2D eigenvalue weighted by molar-refractivity contribution is 0.805. The van der Waals surface area contributed by atoms with Crippen LogP contribution in [0.15, 0.2) is 54.6 Å². The van der Waals surface area contributed by atoms with Crippen molar-refractivity contribution in [3.05, 3.63) is 91.6 Å². The zero-order chi connectivity index (χ0) is 17.7. The molecule has 0 atom stereocenters. The summed E-state index contributed by atoms with van der Waals surface area (Å²) in [5.74, 6) is 0. The van der Waals surface area contributed by atoms with E-state index in [0.717, 1.165) is 11.4 Å². The molecule has 3 aromatic rings. The van der Waals surface area contributed by atoms with Gasteiger partial charge in [0.05, 0.1) is 0 Å². The minimum atomic E-state index is 0.788. The van der Waals surface area contributed by atoms with Crippen LogP contribution in [0, 0.1) is 10.4 Å². The fourth-order valence-electron chi connectivity index (χ4n) is 4.66. The number of rotatable bonds is 1. The molecule has 0 spiro atoms. The average Bonchev–Trinajstić information content (AvgIpc) is 2.67. The predicted molar refractivity (Wildman–Crippen MR) is 110 cm³/mol. The number of fused-ring (bicyclic) bond motifs is 4. The van der Waals surface area contributed by atoms with Crippen LogP contribution < -0.4 is 10.4 Å². The summed E-state index contributed by atoms with van der Waals surface area (Å²) >= 11 is 6.24. The second-order valence-corrected chi connectivity index (χ2v) is 7.87. The third-order valence-electron chi connectivity index (χ3n) is 5.91. The number of hydrogen-bond donors (Lipinski definition) is 0. The van der Waals surface area contributed by atoms with E-state index in [1.54, 1.807) is 11.1 Å². The summed E-state index contributed by atoms with van der Waals surface area (Å²) in [5.41, 5.74) is 7.14. The zero-order valence-electron chi connectivity index (χ0n) is 15.0. The third-order valence-corrected chi connectivity index (χ3v) is 6.15. The first-order valence-electron chi connectivity index (χ1n) is 9.42. The Morgan fingerprint density at radius 3 is 2.54 bits per heavy atom. The van der Waals surface area contributed by atoms with Crippen molar-refractivity contribution in [3.8, 4) is 11.1 Å². The molecule has 0 heterocycles. The molecule has 0 saturated carbocycles. The molecular weight excluding hydrogens is 336 g/mol. The van der Waals surface area contributed by atoms with Gasteiger partial charge in [0.1, 0.15) is 0 Å².